The van der Waals surface area contributed by atoms with E-state index in [1.807, 2.05) is 48.5 Å². The van der Waals surface area contributed by atoms with Crippen LogP contribution in [0.25, 0.3) is 0 Å². The first-order valence-electron chi connectivity index (χ1n) is 9.27. The number of nitrogens with zero attached hydrogens (tertiary/aromatic N) is 1. The van der Waals surface area contributed by atoms with Crippen molar-refractivity contribution in [1.82, 2.24) is 16.0 Å². The smallest absolute Gasteiger partial charge is 0.251 e. The van der Waals surface area contributed by atoms with Crippen molar-refractivity contribution in [3.05, 3.63) is 71.3 Å². The Labute approximate surface area is 169 Å². The minimum absolute atomic E-state index is 0.0872. The van der Waals surface area contributed by atoms with E-state index in [1.165, 1.54) is 0 Å². The second kappa shape index (κ2) is 11.9. The fraction of sp³-hybridized carbons (Fsp3) is 0.333. The Morgan fingerprint density at radius 3 is 2.43 bits per heavy atom. The van der Waals surface area contributed by atoms with Crippen molar-refractivity contribution in [2.75, 3.05) is 32.9 Å². The average Bonchev–Trinajstić information content (AvgIpc) is 2.73. The van der Waals surface area contributed by atoms with Gasteiger partial charge in [-0.05, 0) is 29.7 Å². The molecule has 0 aliphatic heterocycles. The van der Waals surface area contributed by atoms with E-state index in [-0.39, 0.29) is 5.91 Å². The van der Waals surface area contributed by atoms with Crippen LogP contribution >= 0.6 is 0 Å². The molecule has 0 bridgehead atoms. The Morgan fingerprint density at radius 1 is 1.00 bits per heavy atom. The van der Waals surface area contributed by atoms with E-state index < -0.39 is 10.8 Å². The predicted molar refractivity (Wildman–Crippen MR) is 116 cm³/mol. The van der Waals surface area contributed by atoms with Crippen LogP contribution in [0.3, 0.4) is 0 Å². The van der Waals surface area contributed by atoms with Crippen molar-refractivity contribution >= 4 is 22.7 Å². The number of carbonyl (C=O) groups excluding carboxylic acids is 1. The molecule has 0 aromatic heterocycles. The summed E-state index contributed by atoms with van der Waals surface area (Å²) in [5.74, 6) is 1.72. The van der Waals surface area contributed by atoms with Crippen molar-refractivity contribution in [2.45, 2.75) is 12.2 Å². The van der Waals surface area contributed by atoms with E-state index in [0.717, 1.165) is 17.5 Å². The summed E-state index contributed by atoms with van der Waals surface area (Å²) >= 11 is 0. The zero-order chi connectivity index (χ0) is 20.2. The molecule has 0 fully saturated rings. The van der Waals surface area contributed by atoms with Gasteiger partial charge in [0.2, 0.25) is 0 Å². The number of carbonyl (C=O) groups is 1. The van der Waals surface area contributed by atoms with Crippen LogP contribution in [-0.2, 0) is 23.0 Å². The Kier molecular flexibility index (Phi) is 9.21. The Balaban J connectivity index is 1.70. The van der Waals surface area contributed by atoms with Crippen molar-refractivity contribution in [1.29, 1.82) is 0 Å². The highest BCUT2D eigenvalue weighted by Crippen LogP contribution is 2.06. The molecule has 0 saturated heterocycles. The summed E-state index contributed by atoms with van der Waals surface area (Å²) in [5.41, 5.74) is 2.82. The quantitative estimate of drug-likeness (QED) is 0.442. The fourth-order valence-corrected chi connectivity index (χ4v) is 3.71. The first-order valence-corrected chi connectivity index (χ1v) is 10.8. The predicted octanol–water partition coefficient (Wildman–Crippen LogP) is 1.70. The lowest BCUT2D eigenvalue weighted by atomic mass is 10.1. The molecule has 2 rings (SSSR count). The topological polar surface area (TPSA) is 82.6 Å². The number of guanidine groups is 1. The maximum Gasteiger partial charge on any atom is 0.251 e. The summed E-state index contributed by atoms with van der Waals surface area (Å²) in [7, 11) is 2.42. The number of hydrogen-bond donors (Lipinski definition) is 3. The van der Waals surface area contributed by atoms with E-state index >= 15 is 0 Å². The highest BCUT2D eigenvalue weighted by atomic mass is 32.2. The van der Waals surface area contributed by atoms with Crippen LogP contribution in [0.4, 0.5) is 0 Å². The molecule has 28 heavy (non-hydrogen) atoms. The van der Waals surface area contributed by atoms with Gasteiger partial charge in [-0.25, -0.2) is 0 Å². The average molecular weight is 401 g/mol. The molecule has 150 valence electrons. The first kappa shape index (κ1) is 21.6. The second-order valence-electron chi connectivity index (χ2n) is 6.23. The standard InChI is InChI=1S/C21H28N4O2S/c1-22-20(26)19-10-6-9-17(15-19)11-12-24-21(23-2)25-13-14-28(27)16-18-7-4-3-5-8-18/h3-10,15H,11-14,16H2,1-2H3,(H,22,26)(H2,23,24,25). The Hall–Kier alpha value is -2.67. The molecule has 2 aromatic rings. The van der Waals surface area contributed by atoms with Crippen LogP contribution < -0.4 is 16.0 Å². The molecular formula is C21H28N4O2S. The summed E-state index contributed by atoms with van der Waals surface area (Å²) < 4.78 is 12.2. The van der Waals surface area contributed by atoms with Crippen molar-refractivity contribution < 1.29 is 9.00 Å². The summed E-state index contributed by atoms with van der Waals surface area (Å²) in [4.78, 5) is 15.9. The lowest BCUT2D eigenvalue weighted by Gasteiger charge is -2.12. The van der Waals surface area contributed by atoms with E-state index in [1.54, 1.807) is 20.2 Å². The van der Waals surface area contributed by atoms with Crippen LogP contribution in [0.2, 0.25) is 0 Å². The fourth-order valence-electron chi connectivity index (χ4n) is 2.67. The summed E-state index contributed by atoms with van der Waals surface area (Å²) in [6, 6.07) is 17.4. The van der Waals surface area contributed by atoms with Gasteiger partial charge in [0.1, 0.15) is 0 Å². The van der Waals surface area contributed by atoms with Crippen LogP contribution in [-0.4, -0.2) is 49.0 Å². The molecule has 0 saturated carbocycles. The van der Waals surface area contributed by atoms with Gasteiger partial charge in [0.05, 0.1) is 0 Å². The van der Waals surface area contributed by atoms with Gasteiger partial charge < -0.3 is 16.0 Å². The lowest BCUT2D eigenvalue weighted by Crippen LogP contribution is -2.40. The maximum atomic E-state index is 12.2. The van der Waals surface area contributed by atoms with Gasteiger partial charge in [0, 0.05) is 55.1 Å². The molecule has 2 aromatic carbocycles. The van der Waals surface area contributed by atoms with Gasteiger partial charge in [0.25, 0.3) is 5.91 Å². The molecule has 0 spiro atoms. The molecule has 1 atom stereocenters. The van der Waals surface area contributed by atoms with E-state index in [4.69, 9.17) is 0 Å². The molecule has 3 N–H and O–H groups in total. The van der Waals surface area contributed by atoms with Crippen molar-refractivity contribution in [3.63, 3.8) is 0 Å². The molecule has 1 unspecified atom stereocenters. The van der Waals surface area contributed by atoms with E-state index in [2.05, 4.69) is 20.9 Å². The van der Waals surface area contributed by atoms with E-state index in [9.17, 15) is 9.00 Å². The third-order valence-corrected chi connectivity index (χ3v) is 5.45. The minimum Gasteiger partial charge on any atom is -0.356 e. The van der Waals surface area contributed by atoms with Crippen LogP contribution in [0.1, 0.15) is 21.5 Å². The Morgan fingerprint density at radius 2 is 1.71 bits per heavy atom. The molecular weight excluding hydrogens is 372 g/mol. The van der Waals surface area contributed by atoms with Crippen LogP contribution in [0.15, 0.2) is 59.6 Å². The summed E-state index contributed by atoms with van der Waals surface area (Å²) in [5, 5.41) is 9.07. The van der Waals surface area contributed by atoms with Crippen LogP contribution in [0.5, 0.6) is 0 Å². The highest BCUT2D eigenvalue weighted by Gasteiger charge is 2.05. The number of nitrogens with one attached hydrogen (secondary N) is 3. The van der Waals surface area contributed by atoms with Crippen molar-refractivity contribution in [3.8, 4) is 0 Å². The lowest BCUT2D eigenvalue weighted by molar-refractivity contribution is 0.0963. The monoisotopic (exact) mass is 400 g/mol. The molecule has 0 aliphatic rings. The first-order chi connectivity index (χ1) is 13.6. The third-order valence-electron chi connectivity index (χ3n) is 4.14. The van der Waals surface area contributed by atoms with Crippen LogP contribution in [0, 0.1) is 0 Å². The minimum atomic E-state index is -0.916. The highest BCUT2D eigenvalue weighted by molar-refractivity contribution is 7.84. The number of hydrogen-bond acceptors (Lipinski definition) is 3. The van der Waals surface area contributed by atoms with Gasteiger partial charge in [-0.2, -0.15) is 0 Å². The SMILES string of the molecule is CN=C(NCCc1cccc(C(=O)NC)c1)NCCS(=O)Cc1ccccc1. The molecule has 0 aliphatic carbocycles. The zero-order valence-corrected chi connectivity index (χ0v) is 17.2. The molecule has 0 radical (unpaired) electrons. The molecule has 1 amide bonds. The Bertz CT molecular complexity index is 809. The summed E-state index contributed by atoms with van der Waals surface area (Å²) in [6.07, 6.45) is 0.769. The number of amides is 1. The van der Waals surface area contributed by atoms with Gasteiger partial charge in [-0.15, -0.1) is 0 Å². The zero-order valence-electron chi connectivity index (χ0n) is 16.4. The number of rotatable bonds is 9. The number of benzene rings is 2. The molecule has 0 heterocycles. The van der Waals surface area contributed by atoms with E-state index in [0.29, 0.717) is 36.1 Å². The second-order valence-corrected chi connectivity index (χ2v) is 7.81. The molecule has 6 nitrogen and oxygen atoms in total. The number of aliphatic imine (C=N–C) groups is 1. The van der Waals surface area contributed by atoms with Crippen molar-refractivity contribution in [2.24, 2.45) is 4.99 Å². The normalized spacial score (nSPS) is 12.3. The van der Waals surface area contributed by atoms with Gasteiger partial charge in [0.15, 0.2) is 5.96 Å². The largest absolute Gasteiger partial charge is 0.356 e. The maximum absolute atomic E-state index is 12.2. The molecule has 7 heteroatoms. The summed E-state index contributed by atoms with van der Waals surface area (Å²) in [6.45, 7) is 1.27. The van der Waals surface area contributed by atoms with Gasteiger partial charge >= 0.3 is 0 Å². The van der Waals surface area contributed by atoms with Gasteiger partial charge in [-0.3, -0.25) is 14.0 Å². The van der Waals surface area contributed by atoms with Gasteiger partial charge in [-0.1, -0.05) is 42.5 Å². The third kappa shape index (κ3) is 7.52.